The van der Waals surface area contributed by atoms with Gasteiger partial charge >= 0.3 is 0 Å². The zero-order chi connectivity index (χ0) is 19.6. The van der Waals surface area contributed by atoms with Crippen LogP contribution in [0.1, 0.15) is 0 Å². The molecule has 5 aromatic rings. The highest BCUT2D eigenvalue weighted by Gasteiger charge is 2.12. The van der Waals surface area contributed by atoms with Crippen LogP contribution < -0.4 is 4.74 Å². The monoisotopic (exact) mass is 383 g/mol. The SMILES string of the molecule is Fc1cccc(Oc2ncccc2-c2ccn3nc(-c4ccncc4)cc3n2)c1. The maximum Gasteiger partial charge on any atom is 0.228 e. The quantitative estimate of drug-likeness (QED) is 0.447. The van der Waals surface area contributed by atoms with Crippen molar-refractivity contribution >= 4 is 5.65 Å². The number of aromatic nitrogens is 5. The predicted octanol–water partition coefficient (Wildman–Crippen LogP) is 4.78. The Kier molecular flexibility index (Phi) is 4.18. The minimum absolute atomic E-state index is 0.351. The van der Waals surface area contributed by atoms with Crippen molar-refractivity contribution in [2.75, 3.05) is 0 Å². The summed E-state index contributed by atoms with van der Waals surface area (Å²) < 4.78 is 21.0. The van der Waals surface area contributed by atoms with Crippen LogP contribution in [0.2, 0.25) is 0 Å². The van der Waals surface area contributed by atoms with Gasteiger partial charge in [-0.3, -0.25) is 4.98 Å². The number of benzene rings is 1. The van der Waals surface area contributed by atoms with Gasteiger partial charge in [-0.1, -0.05) is 6.07 Å². The van der Waals surface area contributed by atoms with Gasteiger partial charge in [-0.05, 0) is 42.5 Å². The molecule has 0 aliphatic heterocycles. The topological polar surface area (TPSA) is 65.2 Å². The standard InChI is InChI=1S/C22H14FN5O/c23-16-3-1-4-17(13-16)29-22-18(5-2-9-25-22)19-8-12-28-21(26-19)14-20(27-28)15-6-10-24-11-7-15/h1-14H. The molecule has 140 valence electrons. The highest BCUT2D eigenvalue weighted by molar-refractivity contribution is 5.69. The lowest BCUT2D eigenvalue weighted by molar-refractivity contribution is 0.460. The van der Waals surface area contributed by atoms with Gasteiger partial charge in [-0.2, -0.15) is 5.10 Å². The molecule has 0 aliphatic carbocycles. The number of fused-ring (bicyclic) bond motifs is 1. The average molecular weight is 383 g/mol. The zero-order valence-electron chi connectivity index (χ0n) is 15.1. The van der Waals surface area contributed by atoms with Gasteiger partial charge in [-0.15, -0.1) is 0 Å². The molecule has 0 saturated heterocycles. The fourth-order valence-electron chi connectivity index (χ4n) is 3.00. The van der Waals surface area contributed by atoms with Gasteiger partial charge < -0.3 is 4.74 Å². The van der Waals surface area contributed by atoms with Crippen LogP contribution in [0.25, 0.3) is 28.2 Å². The summed E-state index contributed by atoms with van der Waals surface area (Å²) in [7, 11) is 0. The van der Waals surface area contributed by atoms with Crippen molar-refractivity contribution in [1.82, 2.24) is 24.6 Å². The van der Waals surface area contributed by atoms with Crippen LogP contribution in [0.4, 0.5) is 4.39 Å². The van der Waals surface area contributed by atoms with Crippen LogP contribution >= 0.6 is 0 Å². The zero-order valence-corrected chi connectivity index (χ0v) is 15.1. The lowest BCUT2D eigenvalue weighted by atomic mass is 10.2. The van der Waals surface area contributed by atoms with Gasteiger partial charge in [-0.25, -0.2) is 18.9 Å². The van der Waals surface area contributed by atoms with E-state index in [0.29, 0.717) is 28.5 Å². The minimum atomic E-state index is -0.373. The van der Waals surface area contributed by atoms with Crippen molar-refractivity contribution in [2.45, 2.75) is 0 Å². The second-order valence-corrected chi connectivity index (χ2v) is 6.30. The molecule has 0 bridgehead atoms. The van der Waals surface area contributed by atoms with E-state index in [0.717, 1.165) is 11.3 Å². The van der Waals surface area contributed by atoms with E-state index in [4.69, 9.17) is 9.72 Å². The maximum atomic E-state index is 13.5. The molecule has 7 heteroatoms. The van der Waals surface area contributed by atoms with Crippen LogP contribution in [0.15, 0.2) is 85.5 Å². The smallest absolute Gasteiger partial charge is 0.228 e. The van der Waals surface area contributed by atoms with E-state index in [1.165, 1.54) is 12.1 Å². The molecule has 0 aliphatic rings. The van der Waals surface area contributed by atoms with E-state index in [2.05, 4.69) is 15.1 Å². The Morgan fingerprint density at radius 2 is 1.76 bits per heavy atom. The molecule has 4 heterocycles. The van der Waals surface area contributed by atoms with Crippen LogP contribution in [0.3, 0.4) is 0 Å². The first-order valence-corrected chi connectivity index (χ1v) is 8.92. The van der Waals surface area contributed by atoms with Crippen molar-refractivity contribution in [3.63, 3.8) is 0 Å². The molecule has 6 nitrogen and oxygen atoms in total. The second kappa shape index (κ2) is 7.12. The first-order valence-electron chi connectivity index (χ1n) is 8.92. The van der Waals surface area contributed by atoms with Gasteiger partial charge in [0.25, 0.3) is 0 Å². The van der Waals surface area contributed by atoms with Gasteiger partial charge in [0.1, 0.15) is 11.6 Å². The Morgan fingerprint density at radius 1 is 0.862 bits per heavy atom. The number of hydrogen-bond acceptors (Lipinski definition) is 5. The predicted molar refractivity (Wildman–Crippen MR) is 106 cm³/mol. The summed E-state index contributed by atoms with van der Waals surface area (Å²) in [5, 5.41) is 4.56. The molecule has 29 heavy (non-hydrogen) atoms. The Bertz CT molecular complexity index is 1300. The van der Waals surface area contributed by atoms with Crippen LogP contribution in [0.5, 0.6) is 11.6 Å². The lowest BCUT2D eigenvalue weighted by Gasteiger charge is -2.09. The van der Waals surface area contributed by atoms with Gasteiger partial charge in [0, 0.05) is 42.5 Å². The average Bonchev–Trinajstić information content (AvgIpc) is 3.18. The molecule has 0 spiro atoms. The second-order valence-electron chi connectivity index (χ2n) is 6.30. The summed E-state index contributed by atoms with van der Waals surface area (Å²) in [4.78, 5) is 13.0. The van der Waals surface area contributed by atoms with E-state index in [-0.39, 0.29) is 5.82 Å². The van der Waals surface area contributed by atoms with E-state index in [1.54, 1.807) is 41.3 Å². The highest BCUT2D eigenvalue weighted by Crippen LogP contribution is 2.31. The first kappa shape index (κ1) is 17.0. The third-order valence-corrected chi connectivity index (χ3v) is 4.36. The Morgan fingerprint density at radius 3 is 2.62 bits per heavy atom. The summed E-state index contributed by atoms with van der Waals surface area (Å²) in [6.07, 6.45) is 6.91. The Balaban J connectivity index is 1.54. The molecule has 0 atom stereocenters. The van der Waals surface area contributed by atoms with Gasteiger partial charge in [0.15, 0.2) is 5.65 Å². The maximum absolute atomic E-state index is 13.5. The number of rotatable bonds is 4. The van der Waals surface area contributed by atoms with Crippen LogP contribution in [0, 0.1) is 5.82 Å². The molecular formula is C22H14FN5O. The Labute approximate surface area is 165 Å². The molecule has 5 rings (SSSR count). The summed E-state index contributed by atoms with van der Waals surface area (Å²) in [5.41, 5.74) is 3.84. The molecule has 4 aromatic heterocycles. The number of hydrogen-bond donors (Lipinski definition) is 0. The fourth-order valence-corrected chi connectivity index (χ4v) is 3.00. The van der Waals surface area contributed by atoms with Crippen molar-refractivity contribution in [3.8, 4) is 34.1 Å². The summed E-state index contributed by atoms with van der Waals surface area (Å²) >= 11 is 0. The summed E-state index contributed by atoms with van der Waals surface area (Å²) in [6, 6.07) is 17.1. The summed E-state index contributed by atoms with van der Waals surface area (Å²) in [6.45, 7) is 0. The third-order valence-electron chi connectivity index (χ3n) is 4.36. The molecule has 0 amide bonds. The number of halogens is 1. The van der Waals surface area contributed by atoms with E-state index in [9.17, 15) is 4.39 Å². The molecule has 0 N–H and O–H groups in total. The normalized spacial score (nSPS) is 10.9. The molecule has 0 unspecified atom stereocenters. The number of pyridine rings is 2. The van der Waals surface area contributed by atoms with Gasteiger partial charge in [0.2, 0.25) is 5.88 Å². The van der Waals surface area contributed by atoms with Crippen molar-refractivity contribution in [1.29, 1.82) is 0 Å². The first-order chi connectivity index (χ1) is 14.3. The fraction of sp³-hybridized carbons (Fsp3) is 0. The van der Waals surface area contributed by atoms with Crippen LogP contribution in [-0.4, -0.2) is 24.6 Å². The molecular weight excluding hydrogens is 369 g/mol. The lowest BCUT2D eigenvalue weighted by Crippen LogP contribution is -1.95. The number of ether oxygens (including phenoxy) is 1. The van der Waals surface area contributed by atoms with Crippen molar-refractivity contribution in [2.24, 2.45) is 0 Å². The van der Waals surface area contributed by atoms with Crippen molar-refractivity contribution < 1.29 is 9.13 Å². The largest absolute Gasteiger partial charge is 0.438 e. The highest BCUT2D eigenvalue weighted by atomic mass is 19.1. The molecule has 0 fully saturated rings. The third kappa shape index (κ3) is 3.41. The minimum Gasteiger partial charge on any atom is -0.438 e. The van der Waals surface area contributed by atoms with Crippen molar-refractivity contribution in [3.05, 3.63) is 91.3 Å². The summed E-state index contributed by atoms with van der Waals surface area (Å²) in [5.74, 6) is 0.349. The van der Waals surface area contributed by atoms with Crippen LogP contribution in [-0.2, 0) is 0 Å². The molecule has 0 saturated carbocycles. The van der Waals surface area contributed by atoms with Gasteiger partial charge in [0.05, 0.1) is 17.0 Å². The van der Waals surface area contributed by atoms with E-state index < -0.39 is 0 Å². The molecule has 1 aromatic carbocycles. The number of nitrogens with zero attached hydrogens (tertiary/aromatic N) is 5. The Hall–Kier alpha value is -4.13. The van der Waals surface area contributed by atoms with E-state index in [1.807, 2.05) is 36.5 Å². The van der Waals surface area contributed by atoms with E-state index >= 15 is 0 Å². The molecule has 0 radical (unpaired) electrons.